The predicted molar refractivity (Wildman–Crippen MR) is 119 cm³/mol. The molecule has 4 heterocycles. The fraction of sp³-hybridized carbons (Fsp3) is 0.120. The van der Waals surface area contributed by atoms with E-state index in [4.69, 9.17) is 9.15 Å². The molecule has 0 saturated heterocycles. The van der Waals surface area contributed by atoms with Crippen molar-refractivity contribution < 1.29 is 23.8 Å². The number of carbonyl (C=O) groups is 2. The van der Waals surface area contributed by atoms with Gasteiger partial charge in [0.15, 0.2) is 22.9 Å². The van der Waals surface area contributed by atoms with Crippen LogP contribution in [0.3, 0.4) is 0 Å². The summed E-state index contributed by atoms with van der Waals surface area (Å²) in [7, 11) is 1.51. The highest BCUT2D eigenvalue weighted by Gasteiger charge is 2.44. The number of pyridine rings is 2. The van der Waals surface area contributed by atoms with Crippen LogP contribution in [-0.2, 0) is 11.3 Å². The van der Waals surface area contributed by atoms with Crippen LogP contribution in [0.4, 0.5) is 0 Å². The summed E-state index contributed by atoms with van der Waals surface area (Å²) in [5.74, 6) is -1.33. The largest absolute Gasteiger partial charge is 0.503 e. The first-order valence-electron chi connectivity index (χ1n) is 10.2. The average molecular weight is 441 g/mol. The number of aliphatic hydroxyl groups excluding tert-OH is 1. The van der Waals surface area contributed by atoms with E-state index in [9.17, 15) is 14.7 Å². The van der Waals surface area contributed by atoms with Crippen molar-refractivity contribution in [1.29, 1.82) is 0 Å². The van der Waals surface area contributed by atoms with Gasteiger partial charge in [0.1, 0.15) is 0 Å². The summed E-state index contributed by atoms with van der Waals surface area (Å²) in [4.78, 5) is 36.3. The molecule has 0 bridgehead atoms. The minimum Gasteiger partial charge on any atom is -0.503 e. The second-order valence-corrected chi connectivity index (χ2v) is 7.56. The van der Waals surface area contributed by atoms with Gasteiger partial charge < -0.3 is 19.2 Å². The average Bonchev–Trinajstić information content (AvgIpc) is 3.40. The fourth-order valence-electron chi connectivity index (χ4n) is 4.07. The van der Waals surface area contributed by atoms with Gasteiger partial charge in [-0.3, -0.25) is 19.6 Å². The number of fused-ring (bicyclic) bond motifs is 1. The van der Waals surface area contributed by atoms with Gasteiger partial charge in [-0.15, -0.1) is 0 Å². The summed E-state index contributed by atoms with van der Waals surface area (Å²) in [5.41, 5.74) is 1.77. The number of furan rings is 1. The molecule has 5 rings (SSSR count). The Balaban J connectivity index is 1.60. The molecule has 0 saturated carbocycles. The van der Waals surface area contributed by atoms with E-state index in [0.29, 0.717) is 22.3 Å². The summed E-state index contributed by atoms with van der Waals surface area (Å²) in [6.07, 6.45) is 6.42. The molecular formula is C25H19N3O5. The van der Waals surface area contributed by atoms with Gasteiger partial charge in [-0.2, -0.15) is 0 Å². The van der Waals surface area contributed by atoms with E-state index in [0.717, 1.165) is 5.56 Å². The number of amides is 1. The molecule has 0 aliphatic carbocycles. The van der Waals surface area contributed by atoms with Gasteiger partial charge in [0.05, 0.1) is 18.7 Å². The molecule has 164 valence electrons. The van der Waals surface area contributed by atoms with Crippen LogP contribution < -0.4 is 4.74 Å². The van der Waals surface area contributed by atoms with Crippen molar-refractivity contribution in [2.24, 2.45) is 0 Å². The lowest BCUT2D eigenvalue weighted by atomic mass is 9.95. The minimum atomic E-state index is -0.816. The molecule has 0 radical (unpaired) electrons. The number of methoxy groups -OCH3 is 1. The van der Waals surface area contributed by atoms with E-state index in [-0.39, 0.29) is 17.9 Å². The highest BCUT2D eigenvalue weighted by Crippen LogP contribution is 2.40. The molecule has 8 heteroatoms. The second-order valence-electron chi connectivity index (χ2n) is 7.56. The van der Waals surface area contributed by atoms with Crippen molar-refractivity contribution >= 4 is 22.7 Å². The zero-order valence-electron chi connectivity index (χ0n) is 17.6. The first kappa shape index (κ1) is 20.4. The Morgan fingerprint density at radius 2 is 1.94 bits per heavy atom. The quantitative estimate of drug-likeness (QED) is 0.451. The number of ketones is 1. The van der Waals surface area contributed by atoms with Crippen molar-refractivity contribution in [3.05, 3.63) is 102 Å². The molecule has 1 aromatic carbocycles. The molecule has 0 fully saturated rings. The number of carbonyl (C=O) groups excluding carboxylic acids is 2. The lowest BCUT2D eigenvalue weighted by Gasteiger charge is -2.26. The minimum absolute atomic E-state index is 0.00568. The van der Waals surface area contributed by atoms with Crippen LogP contribution >= 0.6 is 0 Å². The van der Waals surface area contributed by atoms with Crippen molar-refractivity contribution in [3.63, 3.8) is 0 Å². The maximum Gasteiger partial charge on any atom is 0.290 e. The van der Waals surface area contributed by atoms with Crippen LogP contribution in [0.5, 0.6) is 5.75 Å². The molecule has 8 nitrogen and oxygen atoms in total. The van der Waals surface area contributed by atoms with E-state index in [1.807, 2.05) is 6.07 Å². The van der Waals surface area contributed by atoms with Gasteiger partial charge in [-0.25, -0.2) is 0 Å². The molecule has 1 aliphatic rings. The molecule has 0 spiro atoms. The van der Waals surface area contributed by atoms with Gasteiger partial charge >= 0.3 is 0 Å². The second kappa shape index (κ2) is 8.23. The molecule has 3 aromatic heterocycles. The monoisotopic (exact) mass is 441 g/mol. The summed E-state index contributed by atoms with van der Waals surface area (Å²) >= 11 is 0. The number of hydrogen-bond acceptors (Lipinski definition) is 7. The highest BCUT2D eigenvalue weighted by molar-refractivity contribution is 6.16. The molecule has 1 atom stereocenters. The number of Topliss-reactive ketones (excluding diaryl/α,β-unsaturated/α-hetero) is 1. The summed E-state index contributed by atoms with van der Waals surface area (Å²) < 4.78 is 11.1. The molecule has 1 amide bonds. The van der Waals surface area contributed by atoms with E-state index >= 15 is 0 Å². The van der Waals surface area contributed by atoms with Gasteiger partial charge in [-0.05, 0) is 41.5 Å². The molecule has 1 N–H and O–H groups in total. The third kappa shape index (κ3) is 3.51. The first-order valence-corrected chi connectivity index (χ1v) is 10.2. The van der Waals surface area contributed by atoms with E-state index in [2.05, 4.69) is 9.97 Å². The van der Waals surface area contributed by atoms with Gasteiger partial charge in [0, 0.05) is 36.7 Å². The van der Waals surface area contributed by atoms with Crippen molar-refractivity contribution in [1.82, 2.24) is 14.9 Å². The Hall–Kier alpha value is -4.46. The van der Waals surface area contributed by atoms with Crippen molar-refractivity contribution in [2.75, 3.05) is 7.11 Å². The summed E-state index contributed by atoms with van der Waals surface area (Å²) in [5, 5.41) is 11.5. The Bertz CT molecular complexity index is 1380. The Kier molecular flexibility index (Phi) is 5.10. The Morgan fingerprint density at radius 1 is 1.12 bits per heavy atom. The van der Waals surface area contributed by atoms with Crippen LogP contribution in [0.2, 0.25) is 0 Å². The lowest BCUT2D eigenvalue weighted by molar-refractivity contribution is -0.130. The number of aromatic nitrogens is 2. The maximum atomic E-state index is 13.6. The Labute approximate surface area is 188 Å². The SMILES string of the molecule is COc1cccc2cc(C(=O)C3=C(O)C(=O)N(Cc4cccnc4)[C@H]3c3ccncc3)oc12. The standard InChI is InChI=1S/C25H19N3O5/c1-32-18-6-2-5-17-12-19(33-24(17)18)22(29)20-21(16-7-10-26-11-8-16)28(25(31)23(20)30)14-15-4-3-9-27-13-15/h2-13,21,30H,14H2,1H3/t21-/m0/s1. The third-order valence-corrected chi connectivity index (χ3v) is 5.60. The number of ether oxygens (including phenoxy) is 1. The smallest absolute Gasteiger partial charge is 0.290 e. The van der Waals surface area contributed by atoms with Gasteiger partial charge in [0.25, 0.3) is 5.91 Å². The molecule has 4 aromatic rings. The van der Waals surface area contributed by atoms with E-state index in [1.54, 1.807) is 67.3 Å². The number of aliphatic hydroxyl groups is 1. The fourth-order valence-corrected chi connectivity index (χ4v) is 4.07. The molecule has 0 unspecified atom stereocenters. The zero-order chi connectivity index (χ0) is 22.9. The van der Waals surface area contributed by atoms with Crippen molar-refractivity contribution in [3.8, 4) is 5.75 Å². The van der Waals surface area contributed by atoms with Gasteiger partial charge in [0.2, 0.25) is 5.78 Å². The van der Waals surface area contributed by atoms with Crippen LogP contribution in [0, 0.1) is 0 Å². The lowest BCUT2D eigenvalue weighted by Crippen LogP contribution is -2.30. The Morgan fingerprint density at radius 3 is 2.67 bits per heavy atom. The maximum absolute atomic E-state index is 13.6. The number of nitrogens with zero attached hydrogens (tertiary/aromatic N) is 3. The summed E-state index contributed by atoms with van der Waals surface area (Å²) in [6.45, 7) is 0.161. The highest BCUT2D eigenvalue weighted by atomic mass is 16.5. The molecule has 1 aliphatic heterocycles. The van der Waals surface area contributed by atoms with Crippen molar-refractivity contribution in [2.45, 2.75) is 12.6 Å². The number of rotatable bonds is 6. The molecule has 33 heavy (non-hydrogen) atoms. The number of benzene rings is 1. The van der Waals surface area contributed by atoms with Gasteiger partial charge in [-0.1, -0.05) is 18.2 Å². The van der Waals surface area contributed by atoms with E-state index in [1.165, 1.54) is 12.0 Å². The van der Waals surface area contributed by atoms with Crippen LogP contribution in [0.25, 0.3) is 11.0 Å². The number of hydrogen-bond donors (Lipinski definition) is 1. The zero-order valence-corrected chi connectivity index (χ0v) is 17.6. The third-order valence-electron chi connectivity index (χ3n) is 5.60. The summed E-state index contributed by atoms with van der Waals surface area (Å²) in [6, 6.07) is 13.1. The van der Waals surface area contributed by atoms with Crippen LogP contribution in [0.1, 0.15) is 27.7 Å². The number of para-hydroxylation sites is 1. The topological polar surface area (TPSA) is 106 Å². The molecular weight excluding hydrogens is 422 g/mol. The van der Waals surface area contributed by atoms with Crippen LogP contribution in [-0.4, -0.2) is 38.8 Å². The van der Waals surface area contributed by atoms with Crippen LogP contribution in [0.15, 0.2) is 89.1 Å². The van der Waals surface area contributed by atoms with E-state index < -0.39 is 23.5 Å². The normalized spacial score (nSPS) is 16.0. The predicted octanol–water partition coefficient (Wildman–Crippen LogP) is 4.01. The first-order chi connectivity index (χ1) is 16.1.